The summed E-state index contributed by atoms with van der Waals surface area (Å²) in [7, 11) is 4.14. The first-order chi connectivity index (χ1) is 7.13. The Kier molecular flexibility index (Phi) is 4.85. The van der Waals surface area contributed by atoms with E-state index < -0.39 is 0 Å². The Morgan fingerprint density at radius 1 is 1.40 bits per heavy atom. The molecular formula is C12H17NOS. The van der Waals surface area contributed by atoms with Crippen LogP contribution in [0.25, 0.3) is 0 Å². The average molecular weight is 223 g/mol. The predicted molar refractivity (Wildman–Crippen MR) is 65.8 cm³/mol. The normalized spacial score (nSPS) is 10.7. The molecule has 0 aliphatic carbocycles. The van der Waals surface area contributed by atoms with E-state index in [9.17, 15) is 4.79 Å². The van der Waals surface area contributed by atoms with Crippen LogP contribution < -0.4 is 0 Å². The Morgan fingerprint density at radius 2 is 2.13 bits per heavy atom. The lowest BCUT2D eigenvalue weighted by atomic mass is 10.2. The van der Waals surface area contributed by atoms with E-state index in [0.717, 1.165) is 24.1 Å². The molecule has 3 heteroatoms. The molecule has 0 atom stereocenters. The van der Waals surface area contributed by atoms with Crippen LogP contribution in [0.5, 0.6) is 0 Å². The van der Waals surface area contributed by atoms with Gasteiger partial charge in [0.05, 0.1) is 0 Å². The molecule has 2 nitrogen and oxygen atoms in total. The smallest absolute Gasteiger partial charge is 0.150 e. The number of aldehydes is 1. The zero-order valence-electron chi connectivity index (χ0n) is 9.49. The zero-order chi connectivity index (χ0) is 11.3. The topological polar surface area (TPSA) is 20.3 Å². The molecule has 0 aliphatic heterocycles. The van der Waals surface area contributed by atoms with Crippen LogP contribution in [0.3, 0.4) is 0 Å². The van der Waals surface area contributed by atoms with Gasteiger partial charge in [-0.25, -0.2) is 0 Å². The highest BCUT2D eigenvalue weighted by Crippen LogP contribution is 2.22. The van der Waals surface area contributed by atoms with Gasteiger partial charge in [-0.3, -0.25) is 4.79 Å². The second-order valence-corrected chi connectivity index (χ2v) is 4.93. The molecule has 0 bridgehead atoms. The van der Waals surface area contributed by atoms with Gasteiger partial charge in [0.1, 0.15) is 6.29 Å². The quantitative estimate of drug-likeness (QED) is 0.565. The standard InChI is InChI=1S/C12H17NOS/c1-10-8-11(9-14)4-5-12(10)15-7-6-13(2)3/h4-5,8-9H,6-7H2,1-3H3. The lowest BCUT2D eigenvalue weighted by Crippen LogP contribution is -2.14. The summed E-state index contributed by atoms with van der Waals surface area (Å²) in [6, 6.07) is 5.84. The third kappa shape index (κ3) is 4.06. The summed E-state index contributed by atoms with van der Waals surface area (Å²) in [5, 5.41) is 0. The van der Waals surface area contributed by atoms with Gasteiger partial charge in [-0.15, -0.1) is 11.8 Å². The first-order valence-electron chi connectivity index (χ1n) is 4.97. The van der Waals surface area contributed by atoms with Crippen molar-refractivity contribution in [3.63, 3.8) is 0 Å². The Morgan fingerprint density at radius 3 is 2.67 bits per heavy atom. The van der Waals surface area contributed by atoms with Gasteiger partial charge in [0, 0.05) is 22.8 Å². The number of aryl methyl sites for hydroxylation is 1. The van der Waals surface area contributed by atoms with E-state index >= 15 is 0 Å². The van der Waals surface area contributed by atoms with Crippen LogP contribution in [0, 0.1) is 6.92 Å². The summed E-state index contributed by atoms with van der Waals surface area (Å²) in [5.74, 6) is 1.08. The Labute approximate surface area is 95.7 Å². The van der Waals surface area contributed by atoms with E-state index in [1.54, 1.807) is 0 Å². The minimum absolute atomic E-state index is 0.754. The van der Waals surface area contributed by atoms with Crippen molar-refractivity contribution < 1.29 is 4.79 Å². The number of carbonyl (C=O) groups is 1. The van der Waals surface area contributed by atoms with Crippen molar-refractivity contribution in [2.45, 2.75) is 11.8 Å². The summed E-state index contributed by atoms with van der Waals surface area (Å²) < 4.78 is 0. The maximum Gasteiger partial charge on any atom is 0.150 e. The van der Waals surface area contributed by atoms with Crippen LogP contribution in [0.15, 0.2) is 23.1 Å². The molecule has 0 spiro atoms. The van der Waals surface area contributed by atoms with Gasteiger partial charge in [0.2, 0.25) is 0 Å². The SMILES string of the molecule is Cc1cc(C=O)ccc1SCCN(C)C. The summed E-state index contributed by atoms with van der Waals surface area (Å²) in [6.07, 6.45) is 0.890. The molecule has 0 unspecified atom stereocenters. The van der Waals surface area contributed by atoms with Crippen LogP contribution in [-0.2, 0) is 0 Å². The van der Waals surface area contributed by atoms with Gasteiger partial charge in [0.15, 0.2) is 0 Å². The van der Waals surface area contributed by atoms with Gasteiger partial charge in [-0.2, -0.15) is 0 Å². The van der Waals surface area contributed by atoms with Crippen molar-refractivity contribution in [3.8, 4) is 0 Å². The highest BCUT2D eigenvalue weighted by atomic mass is 32.2. The summed E-state index contributed by atoms with van der Waals surface area (Å²) in [6.45, 7) is 3.12. The van der Waals surface area contributed by atoms with E-state index in [4.69, 9.17) is 0 Å². The van der Waals surface area contributed by atoms with E-state index in [2.05, 4.69) is 19.0 Å². The van der Waals surface area contributed by atoms with Crippen LogP contribution in [0.2, 0.25) is 0 Å². The fraction of sp³-hybridized carbons (Fsp3) is 0.417. The molecule has 0 saturated heterocycles. The maximum absolute atomic E-state index is 10.6. The van der Waals surface area contributed by atoms with Crippen LogP contribution >= 0.6 is 11.8 Å². The van der Waals surface area contributed by atoms with E-state index in [-0.39, 0.29) is 0 Å². The lowest BCUT2D eigenvalue weighted by Gasteiger charge is -2.10. The number of thioether (sulfide) groups is 1. The molecule has 0 radical (unpaired) electrons. The molecule has 0 amide bonds. The van der Waals surface area contributed by atoms with Crippen molar-refractivity contribution in [2.75, 3.05) is 26.4 Å². The number of carbonyl (C=O) groups excluding carboxylic acids is 1. The van der Waals surface area contributed by atoms with Crippen molar-refractivity contribution >= 4 is 18.0 Å². The molecule has 1 aromatic rings. The van der Waals surface area contributed by atoms with Crippen LogP contribution in [0.1, 0.15) is 15.9 Å². The molecule has 1 rings (SSSR count). The minimum atomic E-state index is 0.754. The summed E-state index contributed by atoms with van der Waals surface area (Å²) >= 11 is 1.84. The second kappa shape index (κ2) is 5.93. The van der Waals surface area contributed by atoms with E-state index in [1.165, 1.54) is 10.5 Å². The fourth-order valence-corrected chi connectivity index (χ4v) is 2.37. The van der Waals surface area contributed by atoms with Gasteiger partial charge >= 0.3 is 0 Å². The van der Waals surface area contributed by atoms with E-state index in [1.807, 2.05) is 36.9 Å². The van der Waals surface area contributed by atoms with Crippen molar-refractivity contribution in [1.82, 2.24) is 4.90 Å². The highest BCUT2D eigenvalue weighted by Gasteiger charge is 2.00. The van der Waals surface area contributed by atoms with Crippen molar-refractivity contribution in [1.29, 1.82) is 0 Å². The molecule has 0 N–H and O–H groups in total. The lowest BCUT2D eigenvalue weighted by molar-refractivity contribution is 0.112. The Bertz CT molecular complexity index is 336. The van der Waals surface area contributed by atoms with Gasteiger partial charge < -0.3 is 4.90 Å². The maximum atomic E-state index is 10.6. The molecule has 0 aromatic heterocycles. The first kappa shape index (κ1) is 12.3. The molecule has 0 heterocycles. The van der Waals surface area contributed by atoms with Gasteiger partial charge in [-0.05, 0) is 38.7 Å². The summed E-state index contributed by atoms with van der Waals surface area (Å²) in [5.41, 5.74) is 1.94. The number of benzene rings is 1. The van der Waals surface area contributed by atoms with Crippen LogP contribution in [-0.4, -0.2) is 37.6 Å². The molecule has 0 saturated carbocycles. The monoisotopic (exact) mass is 223 g/mol. The zero-order valence-corrected chi connectivity index (χ0v) is 10.3. The first-order valence-corrected chi connectivity index (χ1v) is 5.95. The third-order valence-electron chi connectivity index (χ3n) is 2.13. The molecule has 0 fully saturated rings. The van der Waals surface area contributed by atoms with Crippen LogP contribution in [0.4, 0.5) is 0 Å². The highest BCUT2D eigenvalue weighted by molar-refractivity contribution is 7.99. The van der Waals surface area contributed by atoms with Gasteiger partial charge in [0.25, 0.3) is 0 Å². The molecule has 0 aliphatic rings. The number of hydrogen-bond acceptors (Lipinski definition) is 3. The Hall–Kier alpha value is -0.800. The Balaban J connectivity index is 2.58. The predicted octanol–water partition coefficient (Wildman–Crippen LogP) is 2.46. The van der Waals surface area contributed by atoms with Gasteiger partial charge in [-0.1, -0.05) is 6.07 Å². The largest absolute Gasteiger partial charge is 0.309 e. The average Bonchev–Trinajstić information content (AvgIpc) is 2.20. The summed E-state index contributed by atoms with van der Waals surface area (Å²) in [4.78, 5) is 14.0. The van der Waals surface area contributed by atoms with Crippen molar-refractivity contribution in [2.24, 2.45) is 0 Å². The molecule has 1 aromatic carbocycles. The number of hydrogen-bond donors (Lipinski definition) is 0. The number of nitrogens with zero attached hydrogens (tertiary/aromatic N) is 1. The second-order valence-electron chi connectivity index (χ2n) is 3.79. The molecule has 82 valence electrons. The van der Waals surface area contributed by atoms with E-state index in [0.29, 0.717) is 0 Å². The van der Waals surface area contributed by atoms with Crippen molar-refractivity contribution in [3.05, 3.63) is 29.3 Å². The minimum Gasteiger partial charge on any atom is -0.309 e. The number of rotatable bonds is 5. The third-order valence-corrected chi connectivity index (χ3v) is 3.29. The fourth-order valence-electron chi connectivity index (χ4n) is 1.25. The molecule has 15 heavy (non-hydrogen) atoms. The molecular weight excluding hydrogens is 206 g/mol.